The summed E-state index contributed by atoms with van der Waals surface area (Å²) in [5.41, 5.74) is 1.29. The van der Waals surface area contributed by atoms with Crippen LogP contribution < -0.4 is 0 Å². The lowest BCUT2D eigenvalue weighted by Crippen LogP contribution is -2.27. The van der Waals surface area contributed by atoms with Crippen LogP contribution in [0.3, 0.4) is 0 Å². The third-order valence-electron chi connectivity index (χ3n) is 5.42. The lowest BCUT2D eigenvalue weighted by molar-refractivity contribution is 0.0996. The first-order chi connectivity index (χ1) is 15.1. The van der Waals surface area contributed by atoms with Crippen LogP contribution in [0.4, 0.5) is 0 Å². The Morgan fingerprint density at radius 1 is 0.935 bits per heavy atom. The molecule has 1 aromatic carbocycles. The number of ether oxygens (including phenoxy) is 1. The molecule has 0 spiro atoms. The van der Waals surface area contributed by atoms with Gasteiger partial charge in [-0.3, -0.25) is 4.90 Å². The van der Waals surface area contributed by atoms with Crippen LogP contribution in [-0.4, -0.2) is 30.3 Å². The maximum absolute atomic E-state index is 11.8. The summed E-state index contributed by atoms with van der Waals surface area (Å²) >= 11 is 3.06. The fourth-order valence-corrected chi connectivity index (χ4v) is 5.42. The number of thiophene rings is 2. The van der Waals surface area contributed by atoms with Gasteiger partial charge in [0.25, 0.3) is 0 Å². The molecule has 0 aliphatic rings. The zero-order chi connectivity index (χ0) is 21.7. The van der Waals surface area contributed by atoms with Gasteiger partial charge in [0.2, 0.25) is 0 Å². The Bertz CT molecular complexity index is 1040. The summed E-state index contributed by atoms with van der Waals surface area (Å²) in [6, 6.07) is 20.1. The Kier molecular flexibility index (Phi) is 7.05. The maximum Gasteiger partial charge on any atom is 0.191 e. The molecule has 0 atom stereocenters. The maximum atomic E-state index is 11.8. The van der Waals surface area contributed by atoms with Crippen LogP contribution in [0.5, 0.6) is 0 Å². The van der Waals surface area contributed by atoms with Crippen molar-refractivity contribution in [2.24, 2.45) is 0 Å². The van der Waals surface area contributed by atoms with Crippen molar-refractivity contribution in [1.82, 2.24) is 4.90 Å². The van der Waals surface area contributed by atoms with E-state index in [1.165, 1.54) is 33.8 Å². The van der Waals surface area contributed by atoms with E-state index in [4.69, 9.17) is 9.15 Å². The predicted molar refractivity (Wildman–Crippen MR) is 127 cm³/mol. The van der Waals surface area contributed by atoms with Crippen molar-refractivity contribution in [2.75, 3.05) is 20.3 Å². The first-order valence-electron chi connectivity index (χ1n) is 10.3. The molecule has 0 radical (unpaired) electrons. The molecule has 4 nitrogen and oxygen atoms in total. The summed E-state index contributed by atoms with van der Waals surface area (Å²) in [6.45, 7) is 5.03. The van der Waals surface area contributed by atoms with E-state index in [0.29, 0.717) is 18.9 Å². The molecule has 0 aliphatic heterocycles. The van der Waals surface area contributed by atoms with Crippen LogP contribution in [0.25, 0.3) is 0 Å². The molecule has 0 bridgehead atoms. The third kappa shape index (κ3) is 4.84. The van der Waals surface area contributed by atoms with Gasteiger partial charge in [-0.1, -0.05) is 36.4 Å². The minimum absolute atomic E-state index is 0.551. The molecule has 0 saturated carbocycles. The molecule has 31 heavy (non-hydrogen) atoms. The number of aliphatic hydroxyl groups is 1. The number of benzene rings is 1. The summed E-state index contributed by atoms with van der Waals surface area (Å²) in [5.74, 6) is 1.38. The Balaban J connectivity index is 1.59. The number of methoxy groups -OCH3 is 1. The lowest BCUT2D eigenvalue weighted by Gasteiger charge is -2.24. The Morgan fingerprint density at radius 3 is 2.26 bits per heavy atom. The molecule has 3 aromatic heterocycles. The molecule has 1 N–H and O–H groups in total. The van der Waals surface area contributed by atoms with Gasteiger partial charge in [0.1, 0.15) is 11.5 Å². The molecule has 0 saturated heterocycles. The van der Waals surface area contributed by atoms with E-state index in [1.807, 2.05) is 47.2 Å². The highest BCUT2D eigenvalue weighted by molar-refractivity contribution is 7.11. The molecular weight excluding hydrogens is 426 g/mol. The minimum atomic E-state index is -1.27. The summed E-state index contributed by atoms with van der Waals surface area (Å²) in [5, 5.41) is 15.7. The van der Waals surface area contributed by atoms with Crippen molar-refractivity contribution in [3.05, 3.63) is 104 Å². The number of rotatable bonds is 10. The first kappa shape index (κ1) is 22.0. The fourth-order valence-electron chi connectivity index (χ4n) is 3.67. The summed E-state index contributed by atoms with van der Waals surface area (Å²) in [7, 11) is 1.72. The summed E-state index contributed by atoms with van der Waals surface area (Å²) in [4.78, 5) is 4.02. The van der Waals surface area contributed by atoms with Crippen LogP contribution in [0.1, 0.15) is 32.4 Å². The average Bonchev–Trinajstić information content (AvgIpc) is 3.56. The molecule has 0 aliphatic carbocycles. The summed E-state index contributed by atoms with van der Waals surface area (Å²) in [6.07, 6.45) is 0. The number of furan rings is 1. The van der Waals surface area contributed by atoms with Crippen LogP contribution >= 0.6 is 22.7 Å². The van der Waals surface area contributed by atoms with Gasteiger partial charge >= 0.3 is 0 Å². The minimum Gasteiger partial charge on any atom is -0.461 e. The van der Waals surface area contributed by atoms with Crippen molar-refractivity contribution < 1.29 is 14.3 Å². The van der Waals surface area contributed by atoms with Crippen molar-refractivity contribution in [3.63, 3.8) is 0 Å². The Labute approximate surface area is 191 Å². The van der Waals surface area contributed by atoms with Crippen molar-refractivity contribution in [1.29, 1.82) is 0 Å². The average molecular weight is 454 g/mol. The van der Waals surface area contributed by atoms with Crippen molar-refractivity contribution in [2.45, 2.75) is 25.6 Å². The van der Waals surface area contributed by atoms with Gasteiger partial charge in [-0.15, -0.1) is 22.7 Å². The zero-order valence-corrected chi connectivity index (χ0v) is 19.4. The SMILES string of the molecule is COCCN(Cc1ccc(C(O)(c2cccs2)c2cccs2)o1)Cc1ccccc1C. The molecule has 6 heteroatoms. The topological polar surface area (TPSA) is 45.8 Å². The van der Waals surface area contributed by atoms with E-state index >= 15 is 0 Å². The monoisotopic (exact) mass is 453 g/mol. The number of hydrogen-bond acceptors (Lipinski definition) is 6. The number of nitrogens with zero attached hydrogens (tertiary/aromatic N) is 1. The van der Waals surface area contributed by atoms with Crippen LogP contribution in [0, 0.1) is 6.92 Å². The second-order valence-corrected chi connectivity index (χ2v) is 9.46. The van der Waals surface area contributed by atoms with Crippen molar-refractivity contribution in [3.8, 4) is 0 Å². The fraction of sp³-hybridized carbons (Fsp3) is 0.280. The molecule has 3 heterocycles. The van der Waals surface area contributed by atoms with E-state index in [-0.39, 0.29) is 0 Å². The molecule has 0 fully saturated rings. The normalized spacial score (nSPS) is 12.0. The second-order valence-electron chi connectivity index (χ2n) is 7.56. The molecule has 0 amide bonds. The zero-order valence-electron chi connectivity index (χ0n) is 17.8. The second kappa shape index (κ2) is 9.94. The van der Waals surface area contributed by atoms with E-state index in [2.05, 4.69) is 36.1 Å². The number of hydrogen-bond donors (Lipinski definition) is 1. The van der Waals surface area contributed by atoms with Crippen LogP contribution in [0.15, 0.2) is 75.8 Å². The van der Waals surface area contributed by atoms with Gasteiger partial charge in [0.05, 0.1) is 13.2 Å². The highest BCUT2D eigenvalue weighted by Gasteiger charge is 2.39. The highest BCUT2D eigenvalue weighted by atomic mass is 32.1. The molecule has 162 valence electrons. The van der Waals surface area contributed by atoms with E-state index in [1.54, 1.807) is 7.11 Å². The molecule has 0 unspecified atom stereocenters. The molecule has 4 rings (SSSR count). The van der Waals surface area contributed by atoms with Gasteiger partial charge in [-0.2, -0.15) is 0 Å². The van der Waals surface area contributed by atoms with Gasteiger partial charge in [0, 0.05) is 30.0 Å². The highest BCUT2D eigenvalue weighted by Crippen LogP contribution is 2.41. The number of aryl methyl sites for hydroxylation is 1. The van der Waals surface area contributed by atoms with E-state index in [0.717, 1.165) is 28.6 Å². The van der Waals surface area contributed by atoms with Gasteiger partial charge in [0.15, 0.2) is 5.60 Å². The smallest absolute Gasteiger partial charge is 0.191 e. The predicted octanol–water partition coefficient (Wildman–Crippen LogP) is 5.64. The lowest BCUT2D eigenvalue weighted by atomic mass is 9.97. The van der Waals surface area contributed by atoms with Crippen LogP contribution in [-0.2, 0) is 23.4 Å². The Morgan fingerprint density at radius 2 is 1.65 bits per heavy atom. The van der Waals surface area contributed by atoms with Gasteiger partial charge in [-0.05, 0) is 53.1 Å². The van der Waals surface area contributed by atoms with Crippen LogP contribution in [0.2, 0.25) is 0 Å². The largest absolute Gasteiger partial charge is 0.461 e. The van der Waals surface area contributed by atoms with Crippen molar-refractivity contribution >= 4 is 22.7 Å². The standard InChI is InChI=1S/C25H27NO3S2/c1-19-7-3-4-8-20(19)17-26(13-14-28-2)18-21-11-12-22(29-21)25(27,23-9-5-15-30-23)24-10-6-16-31-24/h3-12,15-16,27H,13-14,17-18H2,1-2H3. The molecular formula is C25H27NO3S2. The van der Waals surface area contributed by atoms with E-state index < -0.39 is 5.60 Å². The quantitative estimate of drug-likeness (QED) is 0.337. The third-order valence-corrected chi connectivity index (χ3v) is 7.38. The summed E-state index contributed by atoms with van der Waals surface area (Å²) < 4.78 is 11.6. The van der Waals surface area contributed by atoms with E-state index in [9.17, 15) is 5.11 Å². The van der Waals surface area contributed by atoms with Gasteiger partial charge < -0.3 is 14.3 Å². The molecule has 4 aromatic rings. The Hall–Kier alpha value is -2.22. The van der Waals surface area contributed by atoms with Gasteiger partial charge in [-0.25, -0.2) is 0 Å². The first-order valence-corrected chi connectivity index (χ1v) is 12.0.